The second kappa shape index (κ2) is 5.89. The number of carboxylic acid groups (broad SMARTS) is 1. The van der Waals surface area contributed by atoms with Gasteiger partial charge in [-0.15, -0.1) is 0 Å². The number of pyridine rings is 1. The van der Waals surface area contributed by atoms with Gasteiger partial charge in [0.05, 0.1) is 5.52 Å². The lowest BCUT2D eigenvalue weighted by molar-refractivity contribution is -0.141. The Morgan fingerprint density at radius 3 is 2.71 bits per heavy atom. The van der Waals surface area contributed by atoms with Crippen LogP contribution in [0.2, 0.25) is 0 Å². The van der Waals surface area contributed by atoms with Gasteiger partial charge in [-0.3, -0.25) is 4.79 Å². The number of carboxylic acids is 1. The second-order valence-electron chi connectivity index (χ2n) is 6.80. The maximum absolute atomic E-state index is 13.1. The molecule has 3 unspecified atom stereocenters. The fourth-order valence-corrected chi connectivity index (χ4v) is 4.29. The standard InChI is InChI=1S/C19H20N2O3/c22-18(15-10-9-12-5-1-3-7-14(12)20-15)21-16-8-4-2-6-13(16)11-17(21)19(23)24/h1,3,5,7,9-10,13,16-17H,2,4,6,8,11H2,(H,23,24). The Bertz CT molecular complexity index is 804. The van der Waals surface area contributed by atoms with E-state index in [9.17, 15) is 14.7 Å². The van der Waals surface area contributed by atoms with Crippen LogP contribution in [0.5, 0.6) is 0 Å². The van der Waals surface area contributed by atoms with E-state index in [-0.39, 0.29) is 11.9 Å². The van der Waals surface area contributed by atoms with E-state index in [0.717, 1.165) is 36.6 Å². The summed E-state index contributed by atoms with van der Waals surface area (Å²) in [6.45, 7) is 0. The molecule has 124 valence electrons. The van der Waals surface area contributed by atoms with Crippen LogP contribution in [0.4, 0.5) is 0 Å². The van der Waals surface area contributed by atoms with Gasteiger partial charge in [0.25, 0.3) is 5.91 Å². The zero-order chi connectivity index (χ0) is 16.7. The fraction of sp³-hybridized carbons (Fsp3) is 0.421. The Kier molecular flexibility index (Phi) is 3.71. The highest BCUT2D eigenvalue weighted by molar-refractivity contribution is 5.97. The number of nitrogens with zero attached hydrogens (tertiary/aromatic N) is 2. The first-order chi connectivity index (χ1) is 11.6. The summed E-state index contributed by atoms with van der Waals surface area (Å²) in [6.07, 6.45) is 4.67. The number of carbonyl (C=O) groups is 2. The van der Waals surface area contributed by atoms with Gasteiger partial charge in [0.15, 0.2) is 0 Å². The summed E-state index contributed by atoms with van der Waals surface area (Å²) >= 11 is 0. The van der Waals surface area contributed by atoms with E-state index in [1.54, 1.807) is 11.0 Å². The van der Waals surface area contributed by atoms with E-state index < -0.39 is 12.0 Å². The van der Waals surface area contributed by atoms with Crippen molar-refractivity contribution < 1.29 is 14.7 Å². The fourth-order valence-electron chi connectivity index (χ4n) is 4.29. The van der Waals surface area contributed by atoms with Gasteiger partial charge in [0.1, 0.15) is 11.7 Å². The number of para-hydroxylation sites is 1. The van der Waals surface area contributed by atoms with Crippen molar-refractivity contribution in [1.82, 2.24) is 9.88 Å². The van der Waals surface area contributed by atoms with Crippen molar-refractivity contribution in [2.45, 2.75) is 44.2 Å². The van der Waals surface area contributed by atoms with Crippen LogP contribution in [-0.4, -0.2) is 39.0 Å². The van der Waals surface area contributed by atoms with E-state index in [4.69, 9.17) is 0 Å². The quantitative estimate of drug-likeness (QED) is 0.921. The monoisotopic (exact) mass is 324 g/mol. The van der Waals surface area contributed by atoms with Crippen molar-refractivity contribution in [2.24, 2.45) is 5.92 Å². The van der Waals surface area contributed by atoms with Gasteiger partial charge in [-0.25, -0.2) is 9.78 Å². The van der Waals surface area contributed by atoms with Crippen molar-refractivity contribution in [3.05, 3.63) is 42.1 Å². The first-order valence-electron chi connectivity index (χ1n) is 8.56. The number of aromatic nitrogens is 1. The smallest absolute Gasteiger partial charge is 0.326 e. The number of carbonyl (C=O) groups excluding carboxylic acids is 1. The lowest BCUT2D eigenvalue weighted by Crippen LogP contribution is -2.46. The lowest BCUT2D eigenvalue weighted by Gasteiger charge is -2.32. The van der Waals surface area contributed by atoms with Crippen molar-refractivity contribution in [2.75, 3.05) is 0 Å². The summed E-state index contributed by atoms with van der Waals surface area (Å²) < 4.78 is 0. The Balaban J connectivity index is 1.70. The van der Waals surface area contributed by atoms with Crippen LogP contribution < -0.4 is 0 Å². The topological polar surface area (TPSA) is 70.5 Å². The molecule has 1 aliphatic heterocycles. The molecule has 1 amide bonds. The van der Waals surface area contributed by atoms with Gasteiger partial charge in [-0.1, -0.05) is 37.1 Å². The Morgan fingerprint density at radius 2 is 1.88 bits per heavy atom. The molecular weight excluding hydrogens is 304 g/mol. The van der Waals surface area contributed by atoms with Gasteiger partial charge >= 0.3 is 5.97 Å². The third kappa shape index (κ3) is 2.44. The number of hydrogen-bond acceptors (Lipinski definition) is 3. The minimum atomic E-state index is -0.904. The predicted octanol–water partition coefficient (Wildman–Crippen LogP) is 3.09. The number of likely N-dealkylation sites (tertiary alicyclic amines) is 1. The molecule has 0 radical (unpaired) electrons. The second-order valence-corrected chi connectivity index (χ2v) is 6.80. The van der Waals surface area contributed by atoms with Crippen molar-refractivity contribution in [3.8, 4) is 0 Å². The molecule has 5 heteroatoms. The molecule has 1 saturated heterocycles. The summed E-state index contributed by atoms with van der Waals surface area (Å²) in [4.78, 5) is 30.8. The zero-order valence-corrected chi connectivity index (χ0v) is 13.4. The van der Waals surface area contributed by atoms with Gasteiger partial charge < -0.3 is 10.0 Å². The third-order valence-electron chi connectivity index (χ3n) is 5.43. The minimum Gasteiger partial charge on any atom is -0.480 e. The van der Waals surface area contributed by atoms with Crippen LogP contribution >= 0.6 is 0 Å². The van der Waals surface area contributed by atoms with Crippen LogP contribution in [0, 0.1) is 5.92 Å². The molecule has 1 saturated carbocycles. The van der Waals surface area contributed by atoms with E-state index in [0.29, 0.717) is 18.0 Å². The Morgan fingerprint density at radius 1 is 1.08 bits per heavy atom. The van der Waals surface area contributed by atoms with Crippen molar-refractivity contribution in [3.63, 3.8) is 0 Å². The largest absolute Gasteiger partial charge is 0.480 e. The maximum Gasteiger partial charge on any atom is 0.326 e. The number of fused-ring (bicyclic) bond motifs is 2. The van der Waals surface area contributed by atoms with E-state index in [1.165, 1.54) is 0 Å². The molecular formula is C19H20N2O3. The van der Waals surface area contributed by atoms with Gasteiger partial charge in [-0.05, 0) is 37.3 Å². The molecule has 5 nitrogen and oxygen atoms in total. The molecule has 2 fully saturated rings. The summed E-state index contributed by atoms with van der Waals surface area (Å²) in [7, 11) is 0. The average Bonchev–Trinajstić information content (AvgIpc) is 3.00. The number of hydrogen-bond donors (Lipinski definition) is 1. The SMILES string of the molecule is O=C(O)C1CC2CCCCC2N1C(=O)c1ccc2ccccc2n1. The van der Waals surface area contributed by atoms with Crippen LogP contribution in [0.3, 0.4) is 0 Å². The highest BCUT2D eigenvalue weighted by atomic mass is 16.4. The molecule has 2 heterocycles. The first-order valence-corrected chi connectivity index (χ1v) is 8.56. The van der Waals surface area contributed by atoms with Gasteiger partial charge in [-0.2, -0.15) is 0 Å². The zero-order valence-electron chi connectivity index (χ0n) is 13.4. The molecule has 1 aliphatic carbocycles. The molecule has 4 rings (SSSR count). The maximum atomic E-state index is 13.1. The number of aliphatic carboxylic acids is 1. The molecule has 3 atom stereocenters. The highest BCUT2D eigenvalue weighted by Crippen LogP contribution is 2.40. The van der Waals surface area contributed by atoms with Crippen LogP contribution in [0.15, 0.2) is 36.4 Å². The van der Waals surface area contributed by atoms with Crippen LogP contribution in [0.1, 0.15) is 42.6 Å². The average molecular weight is 324 g/mol. The first kappa shape index (κ1) is 15.1. The summed E-state index contributed by atoms with van der Waals surface area (Å²) in [6, 6.07) is 10.5. The number of rotatable bonds is 2. The molecule has 0 spiro atoms. The molecule has 2 aromatic rings. The van der Waals surface area contributed by atoms with Crippen LogP contribution in [0.25, 0.3) is 10.9 Å². The third-order valence-corrected chi connectivity index (χ3v) is 5.43. The van der Waals surface area contributed by atoms with Crippen molar-refractivity contribution in [1.29, 1.82) is 0 Å². The molecule has 1 aromatic carbocycles. The van der Waals surface area contributed by atoms with Gasteiger partial charge in [0.2, 0.25) is 0 Å². The van der Waals surface area contributed by atoms with Crippen molar-refractivity contribution >= 4 is 22.8 Å². The molecule has 0 bridgehead atoms. The highest BCUT2D eigenvalue weighted by Gasteiger charge is 2.47. The molecule has 1 aromatic heterocycles. The summed E-state index contributed by atoms with van der Waals surface area (Å²) in [5.41, 5.74) is 1.10. The van der Waals surface area contributed by atoms with Crippen LogP contribution in [-0.2, 0) is 4.79 Å². The molecule has 1 N–H and O–H groups in total. The van der Waals surface area contributed by atoms with Gasteiger partial charge in [0, 0.05) is 11.4 Å². The van der Waals surface area contributed by atoms with E-state index in [2.05, 4.69) is 4.98 Å². The van der Waals surface area contributed by atoms with E-state index in [1.807, 2.05) is 30.3 Å². The summed E-state index contributed by atoms with van der Waals surface area (Å²) in [5.74, 6) is -0.842. The lowest BCUT2D eigenvalue weighted by atomic mass is 9.84. The Labute approximate surface area is 140 Å². The predicted molar refractivity (Wildman–Crippen MR) is 89.7 cm³/mol. The number of benzene rings is 1. The normalized spacial score (nSPS) is 26.3. The Hall–Kier alpha value is -2.43. The summed E-state index contributed by atoms with van der Waals surface area (Å²) in [5, 5.41) is 10.6. The van der Waals surface area contributed by atoms with E-state index >= 15 is 0 Å². The molecule has 2 aliphatic rings. The molecule has 24 heavy (non-hydrogen) atoms. The minimum absolute atomic E-state index is 0.0422. The number of amides is 1.